The molecule has 1 aromatic rings. The molecule has 0 fully saturated rings. The van der Waals surface area contributed by atoms with Crippen LogP contribution in [0.2, 0.25) is 0 Å². The van der Waals surface area contributed by atoms with Gasteiger partial charge in [0, 0.05) is 13.1 Å². The van der Waals surface area contributed by atoms with Gasteiger partial charge in [0.2, 0.25) is 5.82 Å². The van der Waals surface area contributed by atoms with Crippen molar-refractivity contribution in [1.29, 1.82) is 0 Å². The summed E-state index contributed by atoms with van der Waals surface area (Å²) in [6.07, 6.45) is 3.57. The second-order valence-electron chi connectivity index (χ2n) is 4.21. The Morgan fingerprint density at radius 3 is 2.78 bits per heavy atom. The lowest BCUT2D eigenvalue weighted by molar-refractivity contribution is -0.384. The SMILES string of the molecule is CCc1nn(C)c(NC(C)CCSC)c1[N+](=O)[O-]. The summed E-state index contributed by atoms with van der Waals surface area (Å²) in [5.41, 5.74) is 0.637. The van der Waals surface area contributed by atoms with E-state index in [0.29, 0.717) is 17.9 Å². The highest BCUT2D eigenvalue weighted by atomic mass is 32.2. The van der Waals surface area contributed by atoms with Crippen LogP contribution in [0.4, 0.5) is 11.5 Å². The van der Waals surface area contributed by atoms with Crippen molar-refractivity contribution in [2.75, 3.05) is 17.3 Å². The Kier molecular flexibility index (Phi) is 5.46. The summed E-state index contributed by atoms with van der Waals surface area (Å²) >= 11 is 1.77. The lowest BCUT2D eigenvalue weighted by Crippen LogP contribution is -2.18. The zero-order chi connectivity index (χ0) is 13.7. The quantitative estimate of drug-likeness (QED) is 0.609. The average molecular weight is 272 g/mol. The van der Waals surface area contributed by atoms with E-state index < -0.39 is 0 Å². The van der Waals surface area contributed by atoms with Crippen molar-refractivity contribution >= 4 is 23.3 Å². The molecule has 0 aliphatic rings. The van der Waals surface area contributed by atoms with E-state index >= 15 is 0 Å². The first-order valence-corrected chi connectivity index (χ1v) is 7.36. The number of nitrogens with one attached hydrogen (secondary N) is 1. The molecule has 1 N–H and O–H groups in total. The van der Waals surface area contributed by atoms with Crippen LogP contribution in [0.25, 0.3) is 0 Å². The Labute approximate surface area is 111 Å². The largest absolute Gasteiger partial charge is 0.362 e. The number of aryl methyl sites for hydroxylation is 2. The molecule has 0 aliphatic heterocycles. The molecule has 18 heavy (non-hydrogen) atoms. The molecular weight excluding hydrogens is 252 g/mol. The first-order chi connectivity index (χ1) is 8.51. The highest BCUT2D eigenvalue weighted by Gasteiger charge is 2.26. The van der Waals surface area contributed by atoms with Gasteiger partial charge in [-0.1, -0.05) is 6.92 Å². The molecule has 1 atom stereocenters. The van der Waals surface area contributed by atoms with Crippen molar-refractivity contribution < 1.29 is 4.92 Å². The van der Waals surface area contributed by atoms with Crippen LogP contribution in [-0.2, 0) is 13.5 Å². The standard InChI is InChI=1S/C11H20N4O2S/c1-5-9-10(15(16)17)11(14(3)13-9)12-8(2)6-7-18-4/h8,12H,5-7H2,1-4H3. The van der Waals surface area contributed by atoms with Gasteiger partial charge in [-0.25, -0.2) is 4.68 Å². The van der Waals surface area contributed by atoms with Gasteiger partial charge in [-0.2, -0.15) is 16.9 Å². The van der Waals surface area contributed by atoms with Crippen LogP contribution < -0.4 is 5.32 Å². The molecule has 0 aromatic carbocycles. The lowest BCUT2D eigenvalue weighted by Gasteiger charge is -2.13. The second kappa shape index (κ2) is 6.63. The van der Waals surface area contributed by atoms with E-state index in [0.717, 1.165) is 12.2 Å². The lowest BCUT2D eigenvalue weighted by atomic mass is 10.2. The van der Waals surface area contributed by atoms with Gasteiger partial charge in [-0.15, -0.1) is 0 Å². The van der Waals surface area contributed by atoms with Crippen molar-refractivity contribution in [3.8, 4) is 0 Å². The summed E-state index contributed by atoms with van der Waals surface area (Å²) in [5.74, 6) is 1.53. The number of nitrogens with zero attached hydrogens (tertiary/aromatic N) is 3. The summed E-state index contributed by atoms with van der Waals surface area (Å²) in [5, 5.41) is 18.5. The molecule has 102 valence electrons. The molecule has 0 saturated heterocycles. The Balaban J connectivity index is 2.93. The average Bonchev–Trinajstić information content (AvgIpc) is 2.63. The molecule has 0 amide bonds. The van der Waals surface area contributed by atoms with Crippen LogP contribution in [0.5, 0.6) is 0 Å². The monoisotopic (exact) mass is 272 g/mol. The van der Waals surface area contributed by atoms with Gasteiger partial charge in [0.1, 0.15) is 5.69 Å². The van der Waals surface area contributed by atoms with Crippen LogP contribution in [-0.4, -0.2) is 32.8 Å². The zero-order valence-corrected chi connectivity index (χ0v) is 12.1. The first-order valence-electron chi connectivity index (χ1n) is 5.97. The number of nitro groups is 1. The zero-order valence-electron chi connectivity index (χ0n) is 11.3. The summed E-state index contributed by atoms with van der Waals surface area (Å²) in [6, 6.07) is 0.191. The van der Waals surface area contributed by atoms with E-state index in [4.69, 9.17) is 0 Å². The predicted molar refractivity (Wildman–Crippen MR) is 75.3 cm³/mol. The topological polar surface area (TPSA) is 73.0 Å². The third-order valence-corrected chi connectivity index (χ3v) is 3.39. The van der Waals surface area contributed by atoms with Crippen LogP contribution in [0, 0.1) is 10.1 Å². The van der Waals surface area contributed by atoms with E-state index in [2.05, 4.69) is 16.7 Å². The molecule has 1 rings (SSSR count). The highest BCUT2D eigenvalue weighted by Crippen LogP contribution is 2.29. The molecule has 0 spiro atoms. The third-order valence-electron chi connectivity index (χ3n) is 2.75. The van der Waals surface area contributed by atoms with Gasteiger partial charge in [-0.3, -0.25) is 10.1 Å². The van der Waals surface area contributed by atoms with Crippen LogP contribution >= 0.6 is 11.8 Å². The van der Waals surface area contributed by atoms with Gasteiger partial charge in [-0.05, 0) is 31.8 Å². The van der Waals surface area contributed by atoms with Gasteiger partial charge in [0.25, 0.3) is 0 Å². The fraction of sp³-hybridized carbons (Fsp3) is 0.727. The predicted octanol–water partition coefficient (Wildman–Crippen LogP) is 2.44. The Morgan fingerprint density at radius 1 is 1.61 bits per heavy atom. The maximum atomic E-state index is 11.1. The number of hydrogen-bond donors (Lipinski definition) is 1. The number of hydrogen-bond acceptors (Lipinski definition) is 5. The van der Waals surface area contributed by atoms with Gasteiger partial charge in [0.15, 0.2) is 0 Å². The maximum Gasteiger partial charge on any atom is 0.333 e. The van der Waals surface area contributed by atoms with Crippen molar-refractivity contribution in [3.05, 3.63) is 15.8 Å². The number of thioether (sulfide) groups is 1. The highest BCUT2D eigenvalue weighted by molar-refractivity contribution is 7.98. The molecule has 1 aromatic heterocycles. The smallest absolute Gasteiger partial charge is 0.333 e. The summed E-state index contributed by atoms with van der Waals surface area (Å²) in [6.45, 7) is 3.90. The van der Waals surface area contributed by atoms with Gasteiger partial charge < -0.3 is 5.32 Å². The minimum Gasteiger partial charge on any atom is -0.362 e. The molecule has 1 heterocycles. The van der Waals surface area contributed by atoms with E-state index in [1.165, 1.54) is 0 Å². The molecular formula is C11H20N4O2S. The van der Waals surface area contributed by atoms with E-state index in [-0.39, 0.29) is 16.7 Å². The van der Waals surface area contributed by atoms with Crippen molar-refractivity contribution in [3.63, 3.8) is 0 Å². The second-order valence-corrected chi connectivity index (χ2v) is 5.19. The van der Waals surface area contributed by atoms with Crippen LogP contribution in [0.15, 0.2) is 0 Å². The molecule has 6 nitrogen and oxygen atoms in total. The fourth-order valence-electron chi connectivity index (χ4n) is 1.76. The molecule has 0 saturated carbocycles. The Hall–Kier alpha value is -1.24. The normalized spacial score (nSPS) is 12.4. The molecule has 1 unspecified atom stereocenters. The van der Waals surface area contributed by atoms with E-state index in [1.54, 1.807) is 23.5 Å². The van der Waals surface area contributed by atoms with Crippen molar-refractivity contribution in [1.82, 2.24) is 9.78 Å². The number of aromatic nitrogens is 2. The summed E-state index contributed by atoms with van der Waals surface area (Å²) in [7, 11) is 1.73. The minimum atomic E-state index is -0.352. The van der Waals surface area contributed by atoms with Crippen molar-refractivity contribution in [2.45, 2.75) is 32.7 Å². The summed E-state index contributed by atoms with van der Waals surface area (Å²) < 4.78 is 1.56. The van der Waals surface area contributed by atoms with Crippen molar-refractivity contribution in [2.24, 2.45) is 7.05 Å². The molecule has 0 bridgehead atoms. The maximum absolute atomic E-state index is 11.1. The minimum absolute atomic E-state index is 0.107. The molecule has 0 radical (unpaired) electrons. The third kappa shape index (κ3) is 3.38. The molecule has 7 heteroatoms. The number of rotatable bonds is 7. The Morgan fingerprint density at radius 2 is 2.28 bits per heavy atom. The number of anilines is 1. The first kappa shape index (κ1) is 14.8. The van der Waals surface area contributed by atoms with Gasteiger partial charge in [0.05, 0.1) is 4.92 Å². The van der Waals surface area contributed by atoms with E-state index in [9.17, 15) is 10.1 Å². The van der Waals surface area contributed by atoms with Crippen LogP contribution in [0.3, 0.4) is 0 Å². The fourth-order valence-corrected chi connectivity index (χ4v) is 2.35. The van der Waals surface area contributed by atoms with E-state index in [1.807, 2.05) is 13.8 Å². The van der Waals surface area contributed by atoms with Gasteiger partial charge >= 0.3 is 5.69 Å². The molecule has 0 aliphatic carbocycles. The summed E-state index contributed by atoms with van der Waals surface area (Å²) in [4.78, 5) is 10.8. The van der Waals surface area contributed by atoms with Crippen LogP contribution in [0.1, 0.15) is 26.0 Å². The Bertz CT molecular complexity index is 419.